The van der Waals surface area contributed by atoms with Crippen molar-refractivity contribution < 1.29 is 23.6 Å². The monoisotopic (exact) mass is 435 g/mol. The number of carbonyl (C=O) groups excluding carboxylic acids is 2. The topological polar surface area (TPSA) is 102 Å². The highest BCUT2D eigenvalue weighted by Gasteiger charge is 2.43. The van der Waals surface area contributed by atoms with E-state index in [0.29, 0.717) is 16.7 Å². The van der Waals surface area contributed by atoms with Gasteiger partial charge in [-0.3, -0.25) is 14.8 Å². The summed E-state index contributed by atoms with van der Waals surface area (Å²) in [7, 11) is 0. The van der Waals surface area contributed by atoms with Crippen molar-refractivity contribution in [2.75, 3.05) is 0 Å². The third-order valence-corrected chi connectivity index (χ3v) is 4.59. The normalized spacial score (nSPS) is 11.2. The number of benzene rings is 2. The van der Waals surface area contributed by atoms with E-state index in [1.54, 1.807) is 36.4 Å². The number of alkyl halides is 2. The van der Waals surface area contributed by atoms with Crippen molar-refractivity contribution in [2.45, 2.75) is 26.3 Å². The van der Waals surface area contributed by atoms with Crippen molar-refractivity contribution in [1.29, 1.82) is 5.26 Å². The summed E-state index contributed by atoms with van der Waals surface area (Å²) in [5, 5.41) is 19.8. The largest absolute Gasteiger partial charge is 0.339 e. The zero-order valence-electron chi connectivity index (χ0n) is 17.2. The minimum Gasteiger partial charge on any atom is -0.339 e. The van der Waals surface area contributed by atoms with Crippen LogP contribution >= 0.6 is 0 Å². The van der Waals surface area contributed by atoms with Gasteiger partial charge in [-0.2, -0.15) is 5.26 Å². The summed E-state index contributed by atoms with van der Waals surface area (Å²) in [6.45, 7) is 2.21. The molecule has 2 rings (SSSR count). The molecule has 6 nitrogen and oxygen atoms in total. The van der Waals surface area contributed by atoms with Gasteiger partial charge in [0, 0.05) is 16.7 Å². The van der Waals surface area contributed by atoms with Crippen LogP contribution in [-0.4, -0.2) is 29.5 Å². The van der Waals surface area contributed by atoms with Crippen LogP contribution in [0.1, 0.15) is 40.9 Å². The Kier molecular flexibility index (Phi) is 8.07. The van der Waals surface area contributed by atoms with E-state index < -0.39 is 29.7 Å². The van der Waals surface area contributed by atoms with Gasteiger partial charge in [0.05, 0.1) is 17.0 Å². The summed E-state index contributed by atoms with van der Waals surface area (Å²) in [5.41, 5.74) is 1.32. The average molecular weight is 435 g/mol. The Balaban J connectivity index is 2.09. The lowest BCUT2D eigenvalue weighted by atomic mass is 9.84. The maximum Gasteiger partial charge on any atom is 0.266 e. The van der Waals surface area contributed by atoms with E-state index in [-0.39, 0.29) is 5.56 Å². The number of amides is 2. The molecule has 0 spiro atoms. The summed E-state index contributed by atoms with van der Waals surface area (Å²) in [5.74, 6) is 9.10. The maximum atomic E-state index is 13.3. The Morgan fingerprint density at radius 3 is 1.84 bits per heavy atom. The van der Waals surface area contributed by atoms with E-state index in [1.165, 1.54) is 17.6 Å². The molecule has 0 saturated carbocycles. The van der Waals surface area contributed by atoms with Gasteiger partial charge in [-0.15, -0.1) is 0 Å². The van der Waals surface area contributed by atoms with E-state index in [0.717, 1.165) is 13.8 Å². The third-order valence-electron chi connectivity index (χ3n) is 4.59. The van der Waals surface area contributed by atoms with Gasteiger partial charge in [-0.1, -0.05) is 25.7 Å². The molecule has 0 bridgehead atoms. The number of nitrogens with one attached hydrogen (secondary N) is 2. The predicted octanol–water partition coefficient (Wildman–Crippen LogP) is 2.86. The molecule has 0 radical (unpaired) electrons. The average Bonchev–Trinajstić information content (AvgIpc) is 2.80. The van der Waals surface area contributed by atoms with Crippen LogP contribution in [0.15, 0.2) is 48.5 Å². The molecule has 162 valence electrons. The van der Waals surface area contributed by atoms with E-state index in [1.807, 2.05) is 6.07 Å². The van der Waals surface area contributed by atoms with Crippen molar-refractivity contribution in [2.24, 2.45) is 5.41 Å². The van der Waals surface area contributed by atoms with Gasteiger partial charge in [-0.05, 0) is 60.4 Å². The fraction of sp³-hybridized carbons (Fsp3) is 0.208. The van der Waals surface area contributed by atoms with Crippen LogP contribution in [0.2, 0.25) is 0 Å². The second-order valence-corrected chi connectivity index (χ2v) is 7.27. The second kappa shape index (κ2) is 10.7. The standard InChI is InChI=1S/C24H19F2N3O3/c1-24(2,23(25)26)20(22(31)29-32)28-21(30)19-13-11-17(12-14-19)6-4-3-5-16-7-9-18(15-27)10-8-16/h7-14,20,23,32H,1-2H3,(H,28,30)(H,29,31)/t20-/m1/s1. The molecule has 0 aliphatic rings. The summed E-state index contributed by atoms with van der Waals surface area (Å²) in [6, 6.07) is 13.0. The van der Waals surface area contributed by atoms with E-state index in [9.17, 15) is 18.4 Å². The van der Waals surface area contributed by atoms with Crippen molar-refractivity contribution in [3.63, 3.8) is 0 Å². The van der Waals surface area contributed by atoms with Crippen LogP contribution in [0.4, 0.5) is 8.78 Å². The smallest absolute Gasteiger partial charge is 0.266 e. The molecule has 0 fully saturated rings. The molecule has 0 aliphatic heterocycles. The second-order valence-electron chi connectivity index (χ2n) is 7.27. The summed E-state index contributed by atoms with van der Waals surface area (Å²) >= 11 is 0. The highest BCUT2D eigenvalue weighted by Crippen LogP contribution is 2.29. The van der Waals surface area contributed by atoms with E-state index >= 15 is 0 Å². The molecule has 0 aliphatic carbocycles. The molecule has 0 saturated heterocycles. The molecule has 0 heterocycles. The van der Waals surface area contributed by atoms with Crippen LogP contribution in [0, 0.1) is 40.4 Å². The van der Waals surface area contributed by atoms with E-state index in [2.05, 4.69) is 29.0 Å². The Labute approximate surface area is 184 Å². The predicted molar refractivity (Wildman–Crippen MR) is 112 cm³/mol. The molecule has 1 atom stereocenters. The van der Waals surface area contributed by atoms with Gasteiger partial charge in [0.2, 0.25) is 6.43 Å². The zero-order chi connectivity index (χ0) is 23.7. The molecule has 2 amide bonds. The highest BCUT2D eigenvalue weighted by atomic mass is 19.3. The highest BCUT2D eigenvalue weighted by molar-refractivity contribution is 5.97. The maximum absolute atomic E-state index is 13.3. The molecule has 0 aromatic heterocycles. The molecular weight excluding hydrogens is 416 g/mol. The van der Waals surface area contributed by atoms with Crippen molar-refractivity contribution >= 4 is 11.8 Å². The lowest BCUT2D eigenvalue weighted by molar-refractivity contribution is -0.137. The fourth-order valence-corrected chi connectivity index (χ4v) is 2.53. The number of hydrogen-bond acceptors (Lipinski definition) is 4. The number of nitrogens with zero attached hydrogens (tertiary/aromatic N) is 1. The molecule has 32 heavy (non-hydrogen) atoms. The summed E-state index contributed by atoms with van der Waals surface area (Å²) in [4.78, 5) is 24.2. The summed E-state index contributed by atoms with van der Waals surface area (Å²) in [6.07, 6.45) is -2.92. The first kappa shape index (κ1) is 24.1. The first-order valence-electron chi connectivity index (χ1n) is 9.34. The van der Waals surface area contributed by atoms with Gasteiger partial charge < -0.3 is 5.32 Å². The van der Waals surface area contributed by atoms with Crippen LogP contribution < -0.4 is 10.8 Å². The van der Waals surface area contributed by atoms with Crippen LogP contribution in [0.3, 0.4) is 0 Å². The Morgan fingerprint density at radius 1 is 0.938 bits per heavy atom. The van der Waals surface area contributed by atoms with E-state index in [4.69, 9.17) is 10.5 Å². The molecule has 3 N–H and O–H groups in total. The van der Waals surface area contributed by atoms with Gasteiger partial charge in [-0.25, -0.2) is 14.3 Å². The number of nitriles is 1. The number of rotatable bonds is 5. The van der Waals surface area contributed by atoms with Crippen molar-refractivity contribution in [3.05, 3.63) is 70.8 Å². The van der Waals surface area contributed by atoms with Gasteiger partial charge >= 0.3 is 0 Å². The van der Waals surface area contributed by atoms with Crippen LogP contribution in [0.25, 0.3) is 0 Å². The van der Waals surface area contributed by atoms with Gasteiger partial charge in [0.25, 0.3) is 11.8 Å². The fourth-order valence-electron chi connectivity index (χ4n) is 2.53. The minimum atomic E-state index is -2.92. The Hall–Kier alpha value is -4.19. The first-order valence-corrected chi connectivity index (χ1v) is 9.34. The first-order chi connectivity index (χ1) is 15.2. The van der Waals surface area contributed by atoms with Crippen LogP contribution in [-0.2, 0) is 4.79 Å². The molecule has 2 aromatic rings. The van der Waals surface area contributed by atoms with Crippen molar-refractivity contribution in [3.8, 4) is 29.8 Å². The zero-order valence-corrected chi connectivity index (χ0v) is 17.2. The molecule has 0 unspecified atom stereocenters. The van der Waals surface area contributed by atoms with Crippen molar-refractivity contribution in [1.82, 2.24) is 10.8 Å². The Bertz CT molecular complexity index is 1140. The minimum absolute atomic E-state index is 0.125. The number of hydrogen-bond donors (Lipinski definition) is 3. The van der Waals surface area contributed by atoms with Crippen LogP contribution in [0.5, 0.6) is 0 Å². The Morgan fingerprint density at radius 2 is 1.41 bits per heavy atom. The van der Waals surface area contributed by atoms with Gasteiger partial charge in [0.15, 0.2) is 0 Å². The lowest BCUT2D eigenvalue weighted by Gasteiger charge is -2.32. The molecule has 8 heteroatoms. The third kappa shape index (κ3) is 6.15. The lowest BCUT2D eigenvalue weighted by Crippen LogP contribution is -2.56. The number of hydroxylamine groups is 1. The quantitative estimate of drug-likeness (QED) is 0.382. The SMILES string of the molecule is CC(C)(C(F)F)[C@H](NC(=O)c1ccc(C#CC#Cc2ccc(C#N)cc2)cc1)C(=O)NO. The number of halogens is 2. The molecule has 2 aromatic carbocycles. The molecular formula is C24H19F2N3O3. The summed E-state index contributed by atoms with van der Waals surface area (Å²) < 4.78 is 26.6. The number of carbonyl (C=O) groups is 2. The van der Waals surface area contributed by atoms with Gasteiger partial charge in [0.1, 0.15) is 6.04 Å².